The van der Waals surface area contributed by atoms with E-state index in [0.29, 0.717) is 6.10 Å². The molecule has 110 valence electrons. The third-order valence-corrected chi connectivity index (χ3v) is 4.55. The maximum atomic E-state index is 5.94. The highest BCUT2D eigenvalue weighted by molar-refractivity contribution is 9.10. The third kappa shape index (κ3) is 3.74. The summed E-state index contributed by atoms with van der Waals surface area (Å²) in [5, 5.41) is 3.51. The predicted molar refractivity (Wildman–Crippen MR) is 83.3 cm³/mol. The summed E-state index contributed by atoms with van der Waals surface area (Å²) in [6, 6.07) is 6.25. The number of fused-ring (bicyclic) bond motifs is 1. The number of ether oxygens (including phenoxy) is 2. The lowest BCUT2D eigenvalue weighted by molar-refractivity contribution is 0.0113. The molecule has 1 fully saturated rings. The maximum absolute atomic E-state index is 5.94. The van der Waals surface area contributed by atoms with Crippen molar-refractivity contribution < 1.29 is 9.47 Å². The van der Waals surface area contributed by atoms with Crippen molar-refractivity contribution in [1.82, 2.24) is 5.32 Å². The Labute approximate surface area is 129 Å². The van der Waals surface area contributed by atoms with Gasteiger partial charge in [-0.05, 0) is 56.0 Å². The van der Waals surface area contributed by atoms with Crippen LogP contribution in [0, 0.1) is 0 Å². The second-order valence-electron chi connectivity index (χ2n) is 5.68. The van der Waals surface area contributed by atoms with E-state index in [1.165, 1.54) is 24.8 Å². The molecule has 0 spiro atoms. The molecule has 2 unspecified atom stereocenters. The first kappa shape index (κ1) is 14.4. The molecule has 1 saturated heterocycles. The van der Waals surface area contributed by atoms with Crippen LogP contribution >= 0.6 is 15.9 Å². The van der Waals surface area contributed by atoms with Crippen molar-refractivity contribution in [1.29, 1.82) is 0 Å². The van der Waals surface area contributed by atoms with Crippen LogP contribution in [0.4, 0.5) is 0 Å². The van der Waals surface area contributed by atoms with Gasteiger partial charge in [0.25, 0.3) is 0 Å². The molecule has 0 aromatic heterocycles. The summed E-state index contributed by atoms with van der Waals surface area (Å²) in [4.78, 5) is 0. The molecule has 0 radical (unpaired) electrons. The van der Waals surface area contributed by atoms with Crippen LogP contribution in [0.25, 0.3) is 0 Å². The number of nitrogens with one attached hydrogen (secondary N) is 1. The average molecular weight is 340 g/mol. The van der Waals surface area contributed by atoms with Gasteiger partial charge in [0.2, 0.25) is 0 Å². The number of rotatable bonds is 5. The van der Waals surface area contributed by atoms with Gasteiger partial charge in [-0.25, -0.2) is 0 Å². The fourth-order valence-electron chi connectivity index (χ4n) is 2.96. The highest BCUT2D eigenvalue weighted by Gasteiger charge is 2.22. The SMILES string of the molecule is Brc1ccc2c(c1)CC(CNCCC1CCCCO1)O2. The molecule has 0 aliphatic carbocycles. The van der Waals surface area contributed by atoms with Crippen LogP contribution in [0.2, 0.25) is 0 Å². The number of hydrogen-bond donors (Lipinski definition) is 1. The molecule has 0 bridgehead atoms. The van der Waals surface area contributed by atoms with Gasteiger partial charge < -0.3 is 14.8 Å². The van der Waals surface area contributed by atoms with Gasteiger partial charge in [0.1, 0.15) is 11.9 Å². The summed E-state index contributed by atoms with van der Waals surface area (Å²) in [5.74, 6) is 1.04. The zero-order chi connectivity index (χ0) is 13.8. The van der Waals surface area contributed by atoms with Crippen molar-refractivity contribution in [3.8, 4) is 5.75 Å². The van der Waals surface area contributed by atoms with Gasteiger partial charge in [0, 0.05) is 24.0 Å². The Morgan fingerprint density at radius 2 is 2.20 bits per heavy atom. The Bertz CT molecular complexity index is 446. The van der Waals surface area contributed by atoms with Crippen LogP contribution in [-0.4, -0.2) is 31.9 Å². The van der Waals surface area contributed by atoms with Gasteiger partial charge in [0.15, 0.2) is 0 Å². The lowest BCUT2D eigenvalue weighted by Crippen LogP contribution is -2.32. The van der Waals surface area contributed by atoms with E-state index in [0.717, 1.165) is 42.8 Å². The van der Waals surface area contributed by atoms with Crippen molar-refractivity contribution in [2.24, 2.45) is 0 Å². The lowest BCUT2D eigenvalue weighted by Gasteiger charge is -2.22. The molecule has 4 heteroatoms. The van der Waals surface area contributed by atoms with E-state index in [1.54, 1.807) is 0 Å². The zero-order valence-corrected chi connectivity index (χ0v) is 13.3. The van der Waals surface area contributed by atoms with Crippen LogP contribution in [0.5, 0.6) is 5.75 Å². The van der Waals surface area contributed by atoms with Crippen LogP contribution in [-0.2, 0) is 11.2 Å². The second kappa shape index (κ2) is 6.92. The third-order valence-electron chi connectivity index (χ3n) is 4.05. The number of benzene rings is 1. The van der Waals surface area contributed by atoms with Crippen molar-refractivity contribution in [2.45, 2.75) is 44.3 Å². The topological polar surface area (TPSA) is 30.5 Å². The largest absolute Gasteiger partial charge is 0.488 e. The molecule has 3 rings (SSSR count). The monoisotopic (exact) mass is 339 g/mol. The summed E-state index contributed by atoms with van der Waals surface area (Å²) in [5.41, 5.74) is 1.31. The smallest absolute Gasteiger partial charge is 0.123 e. The molecule has 20 heavy (non-hydrogen) atoms. The molecule has 0 amide bonds. The lowest BCUT2D eigenvalue weighted by atomic mass is 10.1. The Balaban J connectivity index is 1.36. The number of halogens is 1. The van der Waals surface area contributed by atoms with E-state index >= 15 is 0 Å². The molecular formula is C16H22BrNO2. The molecule has 2 aliphatic rings. The molecule has 2 heterocycles. The van der Waals surface area contributed by atoms with Gasteiger partial charge in [0.05, 0.1) is 6.10 Å². The maximum Gasteiger partial charge on any atom is 0.123 e. The predicted octanol–water partition coefficient (Wildman–Crippen LogP) is 3.30. The fraction of sp³-hybridized carbons (Fsp3) is 0.625. The highest BCUT2D eigenvalue weighted by Crippen LogP contribution is 2.30. The van der Waals surface area contributed by atoms with Crippen molar-refractivity contribution >= 4 is 15.9 Å². The molecule has 2 aliphatic heterocycles. The van der Waals surface area contributed by atoms with Gasteiger partial charge in [-0.3, -0.25) is 0 Å². The first-order chi connectivity index (χ1) is 9.81. The van der Waals surface area contributed by atoms with Gasteiger partial charge in [-0.15, -0.1) is 0 Å². The van der Waals surface area contributed by atoms with Gasteiger partial charge in [-0.1, -0.05) is 15.9 Å². The van der Waals surface area contributed by atoms with E-state index in [-0.39, 0.29) is 6.10 Å². The first-order valence-electron chi connectivity index (χ1n) is 7.58. The van der Waals surface area contributed by atoms with Crippen LogP contribution in [0.1, 0.15) is 31.2 Å². The van der Waals surface area contributed by atoms with E-state index in [2.05, 4.69) is 33.4 Å². The average Bonchev–Trinajstić information content (AvgIpc) is 2.86. The molecule has 1 aromatic rings. The molecular weight excluding hydrogens is 318 g/mol. The molecule has 3 nitrogen and oxygen atoms in total. The van der Waals surface area contributed by atoms with Crippen LogP contribution < -0.4 is 10.1 Å². The van der Waals surface area contributed by atoms with E-state index in [9.17, 15) is 0 Å². The Kier molecular flexibility index (Phi) is 4.97. The Hall–Kier alpha value is -0.580. The van der Waals surface area contributed by atoms with Crippen LogP contribution in [0.3, 0.4) is 0 Å². The standard InChI is InChI=1S/C16H22BrNO2/c17-13-4-5-16-12(9-13)10-15(20-16)11-18-7-6-14-3-1-2-8-19-14/h4-5,9,14-15,18H,1-3,6-8,10-11H2. The fourth-order valence-corrected chi connectivity index (χ4v) is 3.37. The number of hydrogen-bond acceptors (Lipinski definition) is 3. The minimum Gasteiger partial charge on any atom is -0.488 e. The highest BCUT2D eigenvalue weighted by atomic mass is 79.9. The minimum atomic E-state index is 0.270. The molecule has 0 saturated carbocycles. The summed E-state index contributed by atoms with van der Waals surface area (Å²) in [6.07, 6.45) is 6.63. The van der Waals surface area contributed by atoms with Crippen molar-refractivity contribution in [3.63, 3.8) is 0 Å². The summed E-state index contributed by atoms with van der Waals surface area (Å²) >= 11 is 3.51. The normalized spacial score (nSPS) is 25.2. The zero-order valence-electron chi connectivity index (χ0n) is 11.7. The van der Waals surface area contributed by atoms with Crippen molar-refractivity contribution in [3.05, 3.63) is 28.2 Å². The molecule has 1 N–H and O–H groups in total. The van der Waals surface area contributed by atoms with Crippen molar-refractivity contribution in [2.75, 3.05) is 19.7 Å². The first-order valence-corrected chi connectivity index (χ1v) is 8.38. The summed E-state index contributed by atoms with van der Waals surface area (Å²) in [7, 11) is 0. The van der Waals surface area contributed by atoms with Gasteiger partial charge >= 0.3 is 0 Å². The minimum absolute atomic E-state index is 0.270. The Morgan fingerprint density at radius 1 is 1.25 bits per heavy atom. The molecule has 1 aromatic carbocycles. The van der Waals surface area contributed by atoms with E-state index in [4.69, 9.17) is 9.47 Å². The quantitative estimate of drug-likeness (QED) is 0.835. The molecule has 2 atom stereocenters. The summed E-state index contributed by atoms with van der Waals surface area (Å²) in [6.45, 7) is 2.88. The van der Waals surface area contributed by atoms with E-state index < -0.39 is 0 Å². The van der Waals surface area contributed by atoms with E-state index in [1.807, 2.05) is 6.07 Å². The van der Waals surface area contributed by atoms with Gasteiger partial charge in [-0.2, -0.15) is 0 Å². The summed E-state index contributed by atoms with van der Waals surface area (Å²) < 4.78 is 12.8. The Morgan fingerprint density at radius 3 is 3.05 bits per heavy atom. The van der Waals surface area contributed by atoms with Crippen LogP contribution in [0.15, 0.2) is 22.7 Å². The second-order valence-corrected chi connectivity index (χ2v) is 6.59.